The van der Waals surface area contributed by atoms with Crippen molar-refractivity contribution in [2.24, 2.45) is 5.92 Å². The number of furan rings is 1. The Balaban J connectivity index is 1.21. The van der Waals surface area contributed by atoms with E-state index >= 15 is 0 Å². The number of piperidine rings is 1. The number of hydrogen-bond donors (Lipinski definition) is 1. The first-order chi connectivity index (χ1) is 15.9. The maximum Gasteiger partial charge on any atom is 0.243 e. The molecule has 4 aromatic rings. The zero-order valence-electron chi connectivity index (χ0n) is 17.4. The summed E-state index contributed by atoms with van der Waals surface area (Å²) in [5.41, 5.74) is 1.42. The number of para-hydroxylation sites is 1. The Morgan fingerprint density at radius 1 is 1.12 bits per heavy atom. The van der Waals surface area contributed by atoms with Gasteiger partial charge >= 0.3 is 0 Å². The number of carbonyl (C=O) groups excluding carboxylic acids is 1. The molecule has 0 spiro atoms. The summed E-state index contributed by atoms with van der Waals surface area (Å²) in [6.45, 7) is 0.444. The molecular formula is C23H20FN3O4S2. The van der Waals surface area contributed by atoms with Gasteiger partial charge in [-0.25, -0.2) is 17.8 Å². The molecule has 0 saturated carbocycles. The molecule has 1 saturated heterocycles. The van der Waals surface area contributed by atoms with E-state index in [2.05, 4.69) is 10.3 Å². The number of rotatable bonds is 5. The van der Waals surface area contributed by atoms with Gasteiger partial charge in [-0.05, 0) is 49.2 Å². The fraction of sp³-hybridized carbons (Fsp3) is 0.217. The number of benzene rings is 2. The van der Waals surface area contributed by atoms with E-state index in [4.69, 9.17) is 4.42 Å². The van der Waals surface area contributed by atoms with E-state index in [-0.39, 0.29) is 29.8 Å². The summed E-state index contributed by atoms with van der Waals surface area (Å²) < 4.78 is 45.8. The minimum absolute atomic E-state index is 0.0488. The summed E-state index contributed by atoms with van der Waals surface area (Å²) in [4.78, 5) is 17.3. The Hall–Kier alpha value is -3.08. The molecule has 2 aromatic heterocycles. The van der Waals surface area contributed by atoms with Gasteiger partial charge in [-0.1, -0.05) is 18.2 Å². The predicted octanol–water partition coefficient (Wildman–Crippen LogP) is 4.73. The Bertz CT molecular complexity index is 1370. The van der Waals surface area contributed by atoms with Crippen LogP contribution in [0.5, 0.6) is 0 Å². The number of aromatic nitrogens is 1. The van der Waals surface area contributed by atoms with E-state index in [0.717, 1.165) is 23.1 Å². The van der Waals surface area contributed by atoms with Crippen LogP contribution in [0.2, 0.25) is 0 Å². The molecule has 0 bridgehead atoms. The fourth-order valence-corrected chi connectivity index (χ4v) is 6.05. The van der Waals surface area contributed by atoms with Gasteiger partial charge in [-0.3, -0.25) is 4.79 Å². The van der Waals surface area contributed by atoms with E-state index in [1.54, 1.807) is 0 Å². The quantitative estimate of drug-likeness (QED) is 0.441. The Labute approximate surface area is 193 Å². The summed E-state index contributed by atoms with van der Waals surface area (Å²) in [5.74, 6) is -0.357. The number of sulfonamides is 1. The van der Waals surface area contributed by atoms with Gasteiger partial charge in [0, 0.05) is 29.8 Å². The van der Waals surface area contributed by atoms with Crippen molar-refractivity contribution in [3.05, 3.63) is 65.8 Å². The van der Waals surface area contributed by atoms with E-state index in [9.17, 15) is 17.6 Å². The third-order valence-electron chi connectivity index (χ3n) is 5.69. The molecule has 2 aromatic carbocycles. The molecule has 0 atom stereocenters. The van der Waals surface area contributed by atoms with Crippen LogP contribution < -0.4 is 5.32 Å². The van der Waals surface area contributed by atoms with Crippen LogP contribution in [-0.4, -0.2) is 36.7 Å². The van der Waals surface area contributed by atoms with Crippen molar-refractivity contribution in [3.63, 3.8) is 0 Å². The van der Waals surface area contributed by atoms with Crippen molar-refractivity contribution >= 4 is 43.4 Å². The zero-order chi connectivity index (χ0) is 23.0. The van der Waals surface area contributed by atoms with Crippen LogP contribution in [0.15, 0.2) is 69.3 Å². The molecule has 170 valence electrons. The number of thiazole rings is 1. The average Bonchev–Trinajstić information content (AvgIpc) is 3.46. The summed E-state index contributed by atoms with van der Waals surface area (Å²) >= 11 is 1.31. The fourth-order valence-electron chi connectivity index (χ4n) is 3.87. The highest BCUT2D eigenvalue weighted by Gasteiger charge is 2.32. The number of carbonyl (C=O) groups is 1. The number of halogens is 1. The van der Waals surface area contributed by atoms with Crippen LogP contribution in [0.4, 0.5) is 9.52 Å². The topological polar surface area (TPSA) is 92.5 Å². The average molecular weight is 486 g/mol. The van der Waals surface area contributed by atoms with Gasteiger partial charge in [0.05, 0.1) is 4.90 Å². The van der Waals surface area contributed by atoms with Gasteiger partial charge < -0.3 is 9.73 Å². The monoisotopic (exact) mass is 485 g/mol. The number of amides is 1. The molecule has 0 radical (unpaired) electrons. The van der Waals surface area contributed by atoms with Crippen LogP contribution in [0.3, 0.4) is 0 Å². The molecule has 0 unspecified atom stereocenters. The predicted molar refractivity (Wildman–Crippen MR) is 124 cm³/mol. The van der Waals surface area contributed by atoms with Crippen LogP contribution in [0.25, 0.3) is 22.4 Å². The Morgan fingerprint density at radius 2 is 1.85 bits per heavy atom. The minimum Gasteiger partial charge on any atom is -0.454 e. The normalized spacial score (nSPS) is 15.7. The van der Waals surface area contributed by atoms with Crippen molar-refractivity contribution in [1.29, 1.82) is 0 Å². The molecule has 3 heterocycles. The molecule has 33 heavy (non-hydrogen) atoms. The smallest absolute Gasteiger partial charge is 0.243 e. The second-order valence-corrected chi connectivity index (χ2v) is 10.6. The number of anilines is 1. The molecule has 7 nitrogen and oxygen atoms in total. The lowest BCUT2D eigenvalue weighted by molar-refractivity contribution is -0.120. The highest BCUT2D eigenvalue weighted by Crippen LogP contribution is 2.31. The first kappa shape index (κ1) is 21.7. The first-order valence-corrected chi connectivity index (χ1v) is 12.7. The highest BCUT2D eigenvalue weighted by atomic mass is 32.2. The van der Waals surface area contributed by atoms with Gasteiger partial charge in [0.15, 0.2) is 10.9 Å². The molecular weight excluding hydrogens is 465 g/mol. The van der Waals surface area contributed by atoms with Gasteiger partial charge in [0.25, 0.3) is 0 Å². The lowest BCUT2D eigenvalue weighted by Gasteiger charge is -2.30. The lowest BCUT2D eigenvalue weighted by atomic mass is 9.97. The van der Waals surface area contributed by atoms with E-state index in [1.165, 1.54) is 27.8 Å². The van der Waals surface area contributed by atoms with Crippen molar-refractivity contribution in [3.8, 4) is 11.5 Å². The lowest BCUT2D eigenvalue weighted by Crippen LogP contribution is -2.41. The van der Waals surface area contributed by atoms with Crippen molar-refractivity contribution in [1.82, 2.24) is 9.29 Å². The zero-order valence-corrected chi connectivity index (χ0v) is 19.0. The largest absolute Gasteiger partial charge is 0.454 e. The van der Waals surface area contributed by atoms with Gasteiger partial charge in [0.2, 0.25) is 15.9 Å². The molecule has 5 rings (SSSR count). The van der Waals surface area contributed by atoms with Crippen molar-refractivity contribution in [2.45, 2.75) is 17.7 Å². The number of nitrogens with zero attached hydrogens (tertiary/aromatic N) is 2. The van der Waals surface area contributed by atoms with Crippen molar-refractivity contribution < 1.29 is 22.0 Å². The molecule has 0 aliphatic carbocycles. The van der Waals surface area contributed by atoms with Gasteiger partial charge in [0.1, 0.15) is 17.1 Å². The Kier molecular flexibility index (Phi) is 5.73. The SMILES string of the molecule is O=C(Nc1nc(-c2cc3ccccc3o2)cs1)C1CCN(S(=O)(=O)c2ccc(F)cc2)CC1. The molecule has 1 fully saturated rings. The molecule has 1 N–H and O–H groups in total. The maximum atomic E-state index is 13.1. The summed E-state index contributed by atoms with van der Waals surface area (Å²) in [7, 11) is -3.71. The molecule has 1 amide bonds. The summed E-state index contributed by atoms with van der Waals surface area (Å²) in [6.07, 6.45) is 0.794. The second kappa shape index (κ2) is 8.69. The van der Waals surface area contributed by atoms with E-state index < -0.39 is 15.8 Å². The first-order valence-electron chi connectivity index (χ1n) is 10.4. The van der Waals surface area contributed by atoms with Crippen LogP contribution >= 0.6 is 11.3 Å². The molecule has 1 aliphatic heterocycles. The van der Waals surface area contributed by atoms with Gasteiger partial charge in [-0.2, -0.15) is 4.31 Å². The number of hydrogen-bond acceptors (Lipinski definition) is 6. The minimum atomic E-state index is -3.71. The summed E-state index contributed by atoms with van der Waals surface area (Å²) in [5, 5.41) is 6.12. The second-order valence-electron chi connectivity index (χ2n) is 7.81. The maximum absolute atomic E-state index is 13.1. The number of nitrogens with one attached hydrogen (secondary N) is 1. The van der Waals surface area contributed by atoms with Gasteiger partial charge in [-0.15, -0.1) is 11.3 Å². The standard InChI is InChI=1S/C23H20FN3O4S2/c24-17-5-7-18(8-6-17)33(29,30)27-11-9-15(10-12-27)22(28)26-23-25-19(14-32-23)21-13-16-3-1-2-4-20(16)31-21/h1-8,13-15H,9-12H2,(H,25,26,28). The highest BCUT2D eigenvalue weighted by molar-refractivity contribution is 7.89. The number of fused-ring (bicyclic) bond motifs is 1. The third kappa shape index (κ3) is 4.41. The van der Waals surface area contributed by atoms with Crippen LogP contribution in [0, 0.1) is 11.7 Å². The van der Waals surface area contributed by atoms with Crippen LogP contribution in [0.1, 0.15) is 12.8 Å². The van der Waals surface area contributed by atoms with Crippen molar-refractivity contribution in [2.75, 3.05) is 18.4 Å². The van der Waals surface area contributed by atoms with Crippen LogP contribution in [-0.2, 0) is 14.8 Å². The molecule has 10 heteroatoms. The van der Waals surface area contributed by atoms with E-state index in [1.807, 2.05) is 35.7 Å². The van der Waals surface area contributed by atoms with E-state index in [0.29, 0.717) is 29.4 Å². The summed E-state index contributed by atoms with van der Waals surface area (Å²) in [6, 6.07) is 14.4. The molecule has 1 aliphatic rings. The third-order valence-corrected chi connectivity index (χ3v) is 8.36. The Morgan fingerprint density at radius 3 is 2.58 bits per heavy atom.